The molecule has 2 aromatic rings. The van der Waals surface area contributed by atoms with Gasteiger partial charge in [-0.25, -0.2) is 13.0 Å². The fraction of sp³-hybridized carbons (Fsp3) is 0.515. The fourth-order valence-electron chi connectivity index (χ4n) is 6.08. The minimum atomic E-state index is -4.00. The quantitative estimate of drug-likeness (QED) is 0.101. The Morgan fingerprint density at radius 2 is 1.85 bits per heavy atom. The lowest BCUT2D eigenvalue weighted by Crippen LogP contribution is -2.36. The summed E-state index contributed by atoms with van der Waals surface area (Å²) in [5.74, 6) is -0.351. The minimum Gasteiger partial charge on any atom is -0.470 e. The van der Waals surface area contributed by atoms with Crippen LogP contribution >= 0.6 is 11.6 Å². The van der Waals surface area contributed by atoms with Crippen LogP contribution in [0.5, 0.6) is 5.88 Å². The van der Waals surface area contributed by atoms with Crippen LogP contribution < -0.4 is 4.74 Å². The summed E-state index contributed by atoms with van der Waals surface area (Å²) < 4.78 is 46.1. The van der Waals surface area contributed by atoms with Crippen LogP contribution in [0.25, 0.3) is 0 Å². The number of hydrogen-bond acceptors (Lipinski definition) is 11. The van der Waals surface area contributed by atoms with E-state index in [2.05, 4.69) is 46.5 Å². The molecule has 2 fully saturated rings. The Morgan fingerprint density at radius 1 is 1.11 bits per heavy atom. The van der Waals surface area contributed by atoms with Gasteiger partial charge in [0.15, 0.2) is 0 Å². The van der Waals surface area contributed by atoms with Gasteiger partial charge < -0.3 is 14.2 Å². The van der Waals surface area contributed by atoms with Gasteiger partial charge in [-0.3, -0.25) is 14.5 Å². The number of benzene rings is 1. The molecule has 1 aromatic heterocycles. The molecule has 0 spiro atoms. The van der Waals surface area contributed by atoms with Gasteiger partial charge in [0.25, 0.3) is 10.9 Å². The van der Waals surface area contributed by atoms with E-state index in [1.165, 1.54) is 17.7 Å². The SMILES string of the molecule is C=C[C@]1(C)CC[C@@H](C(=C)CN2CCC(OC(=O)CCC(=O)OCCOc3nonc3S(=O)(=O)c3ccccc3)C2)C[C@H]1C(=C)CCl. The van der Waals surface area contributed by atoms with Crippen LogP contribution in [0, 0.1) is 17.3 Å². The summed E-state index contributed by atoms with van der Waals surface area (Å²) >= 11 is 6.15. The molecule has 2 aliphatic rings. The summed E-state index contributed by atoms with van der Waals surface area (Å²) in [4.78, 5) is 26.8. The van der Waals surface area contributed by atoms with Gasteiger partial charge in [-0.1, -0.05) is 55.5 Å². The third-order valence-electron chi connectivity index (χ3n) is 8.87. The molecule has 46 heavy (non-hydrogen) atoms. The van der Waals surface area contributed by atoms with Crippen LogP contribution in [-0.4, -0.2) is 80.4 Å². The molecule has 13 heteroatoms. The monoisotopic (exact) mass is 675 g/mol. The Hall–Kier alpha value is -3.48. The van der Waals surface area contributed by atoms with Crippen molar-refractivity contribution in [2.24, 2.45) is 17.3 Å². The third-order valence-corrected chi connectivity index (χ3v) is 10.9. The number of sulfone groups is 1. The third kappa shape index (κ3) is 8.86. The number of alkyl halides is 1. The largest absolute Gasteiger partial charge is 0.470 e. The van der Waals surface area contributed by atoms with Crippen LogP contribution in [0.3, 0.4) is 0 Å². The zero-order chi connectivity index (χ0) is 33.3. The molecule has 0 N–H and O–H groups in total. The summed E-state index contributed by atoms with van der Waals surface area (Å²) in [6, 6.07) is 7.65. The zero-order valence-corrected chi connectivity index (χ0v) is 27.8. The lowest BCUT2D eigenvalue weighted by atomic mass is 9.61. The number of carbonyl (C=O) groups excluding carboxylic acids is 2. The second kappa shape index (κ2) is 15.9. The molecule has 1 unspecified atom stereocenters. The molecule has 11 nitrogen and oxygen atoms in total. The Morgan fingerprint density at radius 3 is 2.57 bits per heavy atom. The van der Waals surface area contributed by atoms with Gasteiger partial charge in [0.2, 0.25) is 9.84 Å². The number of nitrogens with zero attached hydrogens (tertiary/aromatic N) is 3. The molecule has 0 bridgehead atoms. The van der Waals surface area contributed by atoms with Gasteiger partial charge in [0, 0.05) is 25.5 Å². The Kier molecular flexibility index (Phi) is 12.2. The van der Waals surface area contributed by atoms with E-state index in [-0.39, 0.29) is 54.3 Å². The summed E-state index contributed by atoms with van der Waals surface area (Å²) in [6.07, 6.45) is 5.23. The number of hydrogen-bond donors (Lipinski definition) is 0. The standard InChI is InChI=1S/C33H42ClN3O8S/c1-5-33(4)15-13-25(19-28(33)23(2)20-34)24(3)21-37-16-14-26(22-37)44-30(39)12-11-29(38)42-17-18-43-31-32(36-45-35-31)46(40,41)27-9-7-6-8-10-27/h5-10,25-26,28H,1-3,11-22H2,4H3/t25-,26?,28+,33-/m1/s1. The normalized spacial score (nSPS) is 23.4. The van der Waals surface area contributed by atoms with Gasteiger partial charge in [-0.05, 0) is 65.4 Å². The zero-order valence-electron chi connectivity index (χ0n) is 26.2. The molecule has 0 radical (unpaired) electrons. The molecule has 2 heterocycles. The van der Waals surface area contributed by atoms with Crippen molar-refractivity contribution in [1.82, 2.24) is 15.2 Å². The number of ether oxygens (including phenoxy) is 3. The second-order valence-corrected chi connectivity index (χ2v) is 14.2. The van der Waals surface area contributed by atoms with Crippen molar-refractivity contribution in [1.29, 1.82) is 0 Å². The average molecular weight is 676 g/mol. The van der Waals surface area contributed by atoms with Crippen LogP contribution in [-0.2, 0) is 28.9 Å². The lowest BCUT2D eigenvalue weighted by molar-refractivity contribution is -0.153. The van der Waals surface area contributed by atoms with Crippen molar-refractivity contribution in [2.45, 2.75) is 61.5 Å². The molecular formula is C33H42ClN3O8S. The maximum atomic E-state index is 12.7. The minimum absolute atomic E-state index is 0.00391. The van der Waals surface area contributed by atoms with Gasteiger partial charge in [0.05, 0.1) is 17.7 Å². The highest BCUT2D eigenvalue weighted by Gasteiger charge is 2.40. The number of halogens is 1. The van der Waals surface area contributed by atoms with E-state index in [4.69, 9.17) is 25.8 Å². The molecule has 1 aliphatic heterocycles. The summed E-state index contributed by atoms with van der Waals surface area (Å²) in [6.45, 7) is 16.7. The van der Waals surface area contributed by atoms with Crippen molar-refractivity contribution >= 4 is 33.4 Å². The number of rotatable bonds is 16. The molecule has 1 saturated carbocycles. The molecule has 0 amide bonds. The van der Waals surface area contributed by atoms with Crippen LogP contribution in [0.2, 0.25) is 0 Å². The van der Waals surface area contributed by atoms with Gasteiger partial charge >= 0.3 is 11.9 Å². The van der Waals surface area contributed by atoms with Crippen LogP contribution in [0.1, 0.15) is 45.4 Å². The second-order valence-electron chi connectivity index (χ2n) is 12.1. The van der Waals surface area contributed by atoms with E-state index < -0.39 is 26.8 Å². The van der Waals surface area contributed by atoms with E-state index in [0.29, 0.717) is 24.8 Å². The molecule has 4 atom stereocenters. The first-order valence-electron chi connectivity index (χ1n) is 15.3. The van der Waals surface area contributed by atoms with E-state index in [1.54, 1.807) is 18.2 Å². The molecule has 1 aromatic carbocycles. The first-order valence-corrected chi connectivity index (χ1v) is 17.4. The maximum Gasteiger partial charge on any atom is 0.306 e. The number of carbonyl (C=O) groups is 2. The molecular weight excluding hydrogens is 634 g/mol. The molecule has 250 valence electrons. The van der Waals surface area contributed by atoms with E-state index in [9.17, 15) is 18.0 Å². The topological polar surface area (TPSA) is 138 Å². The smallest absolute Gasteiger partial charge is 0.306 e. The maximum absolute atomic E-state index is 12.7. The molecule has 4 rings (SSSR count). The number of likely N-dealkylation sites (tertiary alicyclic amines) is 1. The van der Waals surface area contributed by atoms with E-state index >= 15 is 0 Å². The van der Waals surface area contributed by atoms with Crippen molar-refractivity contribution in [3.63, 3.8) is 0 Å². The van der Waals surface area contributed by atoms with Crippen LogP contribution in [0.15, 0.2) is 81.8 Å². The highest BCUT2D eigenvalue weighted by Crippen LogP contribution is 2.49. The highest BCUT2D eigenvalue weighted by atomic mass is 35.5. The molecule has 1 aliphatic carbocycles. The van der Waals surface area contributed by atoms with Crippen molar-refractivity contribution in [2.75, 3.05) is 38.7 Å². The summed E-state index contributed by atoms with van der Waals surface area (Å²) in [7, 11) is -4.00. The lowest BCUT2D eigenvalue weighted by Gasteiger charge is -2.44. The van der Waals surface area contributed by atoms with E-state index in [1.807, 2.05) is 6.08 Å². The first-order chi connectivity index (χ1) is 22.0. The fourth-order valence-corrected chi connectivity index (χ4v) is 7.46. The summed E-state index contributed by atoms with van der Waals surface area (Å²) in [5, 5.41) is 6.47. The number of allylic oxidation sites excluding steroid dienone is 2. The summed E-state index contributed by atoms with van der Waals surface area (Å²) in [5.41, 5.74) is 2.21. The number of aromatic nitrogens is 2. The van der Waals surface area contributed by atoms with Crippen molar-refractivity contribution < 1.29 is 36.8 Å². The Bertz CT molecular complexity index is 1510. The average Bonchev–Trinajstić information content (AvgIpc) is 3.72. The van der Waals surface area contributed by atoms with Gasteiger partial charge in [-0.2, -0.15) is 0 Å². The number of esters is 2. The van der Waals surface area contributed by atoms with Gasteiger partial charge in [-0.15, -0.1) is 18.2 Å². The first kappa shape index (κ1) is 35.4. The predicted molar refractivity (Wildman–Crippen MR) is 171 cm³/mol. The van der Waals surface area contributed by atoms with E-state index in [0.717, 1.165) is 37.9 Å². The van der Waals surface area contributed by atoms with Crippen LogP contribution in [0.4, 0.5) is 0 Å². The molecule has 1 saturated heterocycles. The Balaban J connectivity index is 1.13. The predicted octanol–water partition coefficient (Wildman–Crippen LogP) is 5.18. The van der Waals surface area contributed by atoms with Gasteiger partial charge in [0.1, 0.15) is 19.3 Å². The van der Waals surface area contributed by atoms with Crippen molar-refractivity contribution in [3.8, 4) is 5.88 Å². The Labute approximate surface area is 275 Å². The van der Waals surface area contributed by atoms with Crippen molar-refractivity contribution in [3.05, 3.63) is 67.3 Å². The highest BCUT2D eigenvalue weighted by molar-refractivity contribution is 7.91.